The molecule has 3 rings (SSSR count). The summed E-state index contributed by atoms with van der Waals surface area (Å²) in [5.41, 5.74) is 2.22. The third-order valence-electron chi connectivity index (χ3n) is 4.22. The van der Waals surface area contributed by atoms with Crippen molar-refractivity contribution in [2.75, 3.05) is 13.1 Å². The van der Waals surface area contributed by atoms with Crippen molar-refractivity contribution in [2.45, 2.75) is 45.3 Å². The third kappa shape index (κ3) is 3.94. The van der Waals surface area contributed by atoms with Crippen LogP contribution in [-0.4, -0.2) is 28.1 Å². The van der Waals surface area contributed by atoms with E-state index in [4.69, 9.17) is 0 Å². The van der Waals surface area contributed by atoms with Crippen molar-refractivity contribution >= 4 is 11.3 Å². The average molecular weight is 316 g/mol. The van der Waals surface area contributed by atoms with Gasteiger partial charge in [-0.15, -0.1) is 11.3 Å². The van der Waals surface area contributed by atoms with Crippen LogP contribution >= 0.6 is 11.3 Å². The van der Waals surface area contributed by atoms with E-state index in [1.165, 1.54) is 28.3 Å². The number of hydrogen-bond donors (Lipinski definition) is 1. The second-order valence-corrected chi connectivity index (χ2v) is 7.34. The molecule has 2 aromatic rings. The molecule has 1 fully saturated rings. The monoisotopic (exact) mass is 316 g/mol. The predicted octanol–water partition coefficient (Wildman–Crippen LogP) is 3.88. The van der Waals surface area contributed by atoms with Crippen LogP contribution in [0.25, 0.3) is 0 Å². The van der Waals surface area contributed by atoms with Crippen LogP contribution in [0.1, 0.15) is 52.8 Å². The lowest BCUT2D eigenvalue weighted by atomic mass is 10.1. The van der Waals surface area contributed by atoms with Gasteiger partial charge in [0.05, 0.1) is 11.1 Å². The molecule has 118 valence electrons. The molecule has 0 spiro atoms. The first kappa shape index (κ1) is 15.7. The third-order valence-corrected chi connectivity index (χ3v) is 5.36. The zero-order valence-electron chi connectivity index (χ0n) is 13.3. The van der Waals surface area contributed by atoms with Crippen molar-refractivity contribution < 1.29 is 5.11 Å². The molecule has 0 saturated heterocycles. The number of aromatic nitrogens is 1. The molecule has 1 aliphatic rings. The van der Waals surface area contributed by atoms with Gasteiger partial charge in [0.15, 0.2) is 0 Å². The fourth-order valence-corrected chi connectivity index (χ4v) is 3.71. The Labute approximate surface area is 136 Å². The summed E-state index contributed by atoms with van der Waals surface area (Å²) in [4.78, 5) is 8.13. The summed E-state index contributed by atoms with van der Waals surface area (Å²) in [5, 5.41) is 11.7. The molecule has 1 aromatic carbocycles. The molecule has 22 heavy (non-hydrogen) atoms. The molecule has 3 nitrogen and oxygen atoms in total. The smallest absolute Gasteiger partial charge is 0.0959 e. The maximum absolute atomic E-state index is 10.4. The van der Waals surface area contributed by atoms with Crippen LogP contribution in [0.2, 0.25) is 0 Å². The summed E-state index contributed by atoms with van der Waals surface area (Å²) in [5.74, 6) is 0.729. The van der Waals surface area contributed by atoms with Crippen molar-refractivity contribution in [2.24, 2.45) is 0 Å². The van der Waals surface area contributed by atoms with Crippen LogP contribution in [0.5, 0.6) is 0 Å². The summed E-state index contributed by atoms with van der Waals surface area (Å²) in [6.45, 7) is 6.68. The Hall–Kier alpha value is -1.23. The Kier molecular flexibility index (Phi) is 4.91. The number of likely N-dealkylation sites (N-methyl/N-ethyl adjacent to an activating group) is 1. The number of nitrogens with zero attached hydrogens (tertiary/aromatic N) is 2. The quantitative estimate of drug-likeness (QED) is 0.842. The van der Waals surface area contributed by atoms with Crippen LogP contribution in [0.15, 0.2) is 30.5 Å². The number of aryl methyl sites for hydroxylation is 1. The number of benzene rings is 1. The van der Waals surface area contributed by atoms with Gasteiger partial charge in [0.2, 0.25) is 0 Å². The Morgan fingerprint density at radius 3 is 2.68 bits per heavy atom. The van der Waals surface area contributed by atoms with E-state index < -0.39 is 6.10 Å². The van der Waals surface area contributed by atoms with Crippen molar-refractivity contribution in [3.05, 3.63) is 51.5 Å². The SMILES string of the molecule is CCN(Cc1cnc(C2CC2)s1)CC(O)c1ccc(C)cc1. The number of thiazole rings is 1. The van der Waals surface area contributed by atoms with E-state index in [0.29, 0.717) is 6.54 Å². The topological polar surface area (TPSA) is 36.4 Å². The van der Waals surface area contributed by atoms with Gasteiger partial charge in [-0.3, -0.25) is 4.90 Å². The molecular formula is C18H24N2OS. The van der Waals surface area contributed by atoms with Gasteiger partial charge in [0.25, 0.3) is 0 Å². The molecule has 1 aliphatic carbocycles. The summed E-state index contributed by atoms with van der Waals surface area (Å²) >= 11 is 1.84. The Morgan fingerprint density at radius 2 is 2.05 bits per heavy atom. The first-order chi connectivity index (χ1) is 10.7. The first-order valence-corrected chi connectivity index (χ1v) is 8.89. The van der Waals surface area contributed by atoms with Gasteiger partial charge in [-0.25, -0.2) is 4.98 Å². The highest BCUT2D eigenvalue weighted by molar-refractivity contribution is 7.11. The Morgan fingerprint density at radius 1 is 1.32 bits per heavy atom. The van der Waals surface area contributed by atoms with Gasteiger partial charge in [0, 0.05) is 30.1 Å². The second-order valence-electron chi connectivity index (χ2n) is 6.19. The number of aliphatic hydroxyl groups excluding tert-OH is 1. The lowest BCUT2D eigenvalue weighted by Crippen LogP contribution is -2.27. The molecule has 1 aromatic heterocycles. The zero-order valence-corrected chi connectivity index (χ0v) is 14.1. The van der Waals surface area contributed by atoms with E-state index in [0.717, 1.165) is 24.6 Å². The van der Waals surface area contributed by atoms with E-state index in [1.54, 1.807) is 0 Å². The second kappa shape index (κ2) is 6.90. The molecule has 4 heteroatoms. The van der Waals surface area contributed by atoms with Crippen molar-refractivity contribution in [1.82, 2.24) is 9.88 Å². The zero-order chi connectivity index (χ0) is 15.5. The fourth-order valence-electron chi connectivity index (χ4n) is 2.58. The van der Waals surface area contributed by atoms with Gasteiger partial charge < -0.3 is 5.11 Å². The van der Waals surface area contributed by atoms with Crippen LogP contribution in [0.4, 0.5) is 0 Å². The van der Waals surface area contributed by atoms with E-state index in [1.807, 2.05) is 29.7 Å². The van der Waals surface area contributed by atoms with Crippen molar-refractivity contribution in [1.29, 1.82) is 0 Å². The van der Waals surface area contributed by atoms with Crippen LogP contribution < -0.4 is 0 Å². The number of rotatable bonds is 7. The molecule has 0 bridgehead atoms. The van der Waals surface area contributed by atoms with E-state index in [2.05, 4.69) is 35.9 Å². The molecule has 1 heterocycles. The van der Waals surface area contributed by atoms with Gasteiger partial charge in [0.1, 0.15) is 0 Å². The van der Waals surface area contributed by atoms with Crippen LogP contribution in [0, 0.1) is 6.92 Å². The Bertz CT molecular complexity index is 604. The highest BCUT2D eigenvalue weighted by Gasteiger charge is 2.26. The van der Waals surface area contributed by atoms with Crippen LogP contribution in [0.3, 0.4) is 0 Å². The van der Waals surface area contributed by atoms with Crippen LogP contribution in [-0.2, 0) is 6.54 Å². The molecular weight excluding hydrogens is 292 g/mol. The van der Waals surface area contributed by atoms with Gasteiger partial charge in [-0.05, 0) is 31.9 Å². The summed E-state index contributed by atoms with van der Waals surface area (Å²) in [6, 6.07) is 8.15. The lowest BCUT2D eigenvalue weighted by Gasteiger charge is -2.23. The Balaban J connectivity index is 1.59. The summed E-state index contributed by atoms with van der Waals surface area (Å²) < 4.78 is 0. The predicted molar refractivity (Wildman–Crippen MR) is 91.2 cm³/mol. The largest absolute Gasteiger partial charge is 0.387 e. The van der Waals surface area contributed by atoms with Gasteiger partial charge in [-0.2, -0.15) is 0 Å². The molecule has 1 saturated carbocycles. The minimum atomic E-state index is -0.434. The van der Waals surface area contributed by atoms with E-state index >= 15 is 0 Å². The highest BCUT2D eigenvalue weighted by Crippen LogP contribution is 2.41. The average Bonchev–Trinajstić information content (AvgIpc) is 3.27. The molecule has 1 atom stereocenters. The van der Waals surface area contributed by atoms with Gasteiger partial charge in [-0.1, -0.05) is 36.8 Å². The normalized spacial score (nSPS) is 16.2. The molecule has 0 amide bonds. The summed E-state index contributed by atoms with van der Waals surface area (Å²) in [6.07, 6.45) is 4.18. The fraction of sp³-hybridized carbons (Fsp3) is 0.500. The minimum Gasteiger partial charge on any atom is -0.387 e. The standard InChI is InChI=1S/C18H24N2OS/c1-3-20(11-16-10-19-18(22-16)15-8-9-15)12-17(21)14-6-4-13(2)5-7-14/h4-7,10,15,17,21H,3,8-9,11-12H2,1-2H3. The maximum Gasteiger partial charge on any atom is 0.0959 e. The molecule has 0 aliphatic heterocycles. The van der Waals surface area contributed by atoms with Crippen molar-refractivity contribution in [3.63, 3.8) is 0 Å². The van der Waals surface area contributed by atoms with Crippen molar-refractivity contribution in [3.8, 4) is 0 Å². The van der Waals surface area contributed by atoms with Gasteiger partial charge >= 0.3 is 0 Å². The number of hydrogen-bond acceptors (Lipinski definition) is 4. The highest BCUT2D eigenvalue weighted by atomic mass is 32.1. The number of aliphatic hydroxyl groups is 1. The molecule has 1 unspecified atom stereocenters. The minimum absolute atomic E-state index is 0.434. The van der Waals surface area contributed by atoms with E-state index in [9.17, 15) is 5.11 Å². The molecule has 0 radical (unpaired) electrons. The molecule has 1 N–H and O–H groups in total. The summed E-state index contributed by atoms with van der Waals surface area (Å²) in [7, 11) is 0. The lowest BCUT2D eigenvalue weighted by molar-refractivity contribution is 0.113. The van der Waals surface area contributed by atoms with E-state index in [-0.39, 0.29) is 0 Å². The maximum atomic E-state index is 10.4. The first-order valence-electron chi connectivity index (χ1n) is 8.07.